The third-order valence-electron chi connectivity index (χ3n) is 2.30. The second-order valence-corrected chi connectivity index (χ2v) is 5.29. The number of rotatable bonds is 3. The van der Waals surface area contributed by atoms with Gasteiger partial charge in [0.25, 0.3) is 0 Å². The van der Waals surface area contributed by atoms with E-state index in [9.17, 15) is 4.79 Å². The molecule has 0 aliphatic rings. The molecule has 0 heterocycles. The second kappa shape index (κ2) is 4.41. The van der Waals surface area contributed by atoms with E-state index in [4.69, 9.17) is 4.52 Å². The van der Waals surface area contributed by atoms with Gasteiger partial charge in [0.05, 0.1) is 14.9 Å². The Balaban J connectivity index is 4.55. The summed E-state index contributed by atoms with van der Waals surface area (Å²) in [4.78, 5) is 11.5. The number of hydrogen-bond acceptors (Lipinski definition) is 2. The van der Waals surface area contributed by atoms with Gasteiger partial charge in [-0.3, -0.25) is 4.79 Å². The van der Waals surface area contributed by atoms with Crippen LogP contribution in [0.2, 0.25) is 0 Å². The van der Waals surface area contributed by atoms with Crippen LogP contribution in [-0.4, -0.2) is 5.97 Å². The van der Waals surface area contributed by atoms with Crippen molar-refractivity contribution in [2.24, 2.45) is 10.8 Å². The van der Waals surface area contributed by atoms with Gasteiger partial charge in [-0.25, -0.2) is 0 Å². The number of carbonyl (C=O) groups is 1. The van der Waals surface area contributed by atoms with E-state index >= 15 is 0 Å². The molecule has 2 atom stereocenters. The molecule has 0 aromatic heterocycles. The van der Waals surface area contributed by atoms with Crippen LogP contribution in [-0.2, 0) is 9.32 Å². The first kappa shape index (κ1) is 12.9. The second-order valence-electron chi connectivity index (χ2n) is 5.06. The molecule has 13 heavy (non-hydrogen) atoms. The normalized spacial score (nSPS) is 16.5. The van der Waals surface area contributed by atoms with E-state index in [-0.39, 0.29) is 16.8 Å². The van der Waals surface area contributed by atoms with Gasteiger partial charge >= 0.3 is 5.97 Å². The topological polar surface area (TPSA) is 26.3 Å². The van der Waals surface area contributed by atoms with Crippen molar-refractivity contribution in [3.05, 3.63) is 0 Å². The zero-order valence-electron chi connectivity index (χ0n) is 9.31. The molecule has 0 saturated carbocycles. The molecule has 0 saturated heterocycles. The molecule has 0 radical (unpaired) electrons. The van der Waals surface area contributed by atoms with Gasteiger partial charge in [-0.15, -0.1) is 0 Å². The average Bonchev–Trinajstić information content (AvgIpc) is 1.99. The predicted octanol–water partition coefficient (Wildman–Crippen LogP) is 3.17. The summed E-state index contributed by atoms with van der Waals surface area (Å²) in [5, 5.41) is 0. The van der Waals surface area contributed by atoms with Crippen molar-refractivity contribution < 1.29 is 9.32 Å². The minimum Gasteiger partial charge on any atom is -0.451 e. The Morgan fingerprint density at radius 2 is 1.77 bits per heavy atom. The maximum atomic E-state index is 11.5. The summed E-state index contributed by atoms with van der Waals surface area (Å²) in [6, 6.07) is 0. The van der Waals surface area contributed by atoms with E-state index in [1.807, 2.05) is 23.3 Å². The van der Waals surface area contributed by atoms with Crippen LogP contribution >= 0.6 is 9.47 Å². The molecule has 0 aliphatic carbocycles. The Bertz CT molecular complexity index is 184. The maximum absolute atomic E-state index is 11.5. The summed E-state index contributed by atoms with van der Waals surface area (Å²) < 4.78 is 4.73. The van der Waals surface area contributed by atoms with E-state index < -0.39 is 0 Å². The molecule has 0 amide bonds. The zero-order valence-corrected chi connectivity index (χ0v) is 10.5. The lowest BCUT2D eigenvalue weighted by Crippen LogP contribution is -2.31. The lowest BCUT2D eigenvalue weighted by atomic mass is 9.73. The first-order valence-corrected chi connectivity index (χ1v) is 5.13. The minimum absolute atomic E-state index is 0.130. The van der Waals surface area contributed by atoms with Crippen LogP contribution in [0.15, 0.2) is 0 Å². The smallest absolute Gasteiger partial charge is 0.313 e. The lowest BCUT2D eigenvalue weighted by Gasteiger charge is -2.32. The van der Waals surface area contributed by atoms with Crippen molar-refractivity contribution in [1.29, 1.82) is 0 Å². The van der Waals surface area contributed by atoms with Crippen molar-refractivity contribution in [2.45, 2.75) is 47.5 Å². The highest BCUT2D eigenvalue weighted by Crippen LogP contribution is 2.37. The molecule has 0 aromatic rings. The lowest BCUT2D eigenvalue weighted by molar-refractivity contribution is -0.145. The molecule has 2 unspecified atom stereocenters. The van der Waals surface area contributed by atoms with E-state index in [2.05, 4.69) is 20.8 Å². The molecule has 2 nitrogen and oxygen atoms in total. The Morgan fingerprint density at radius 3 is 2.00 bits per heavy atom. The van der Waals surface area contributed by atoms with Crippen molar-refractivity contribution in [3.8, 4) is 0 Å². The monoisotopic (exact) mass is 204 g/mol. The molecular formula is C10H21O2P. The summed E-state index contributed by atoms with van der Waals surface area (Å²) in [6.07, 6.45) is 1.67. The highest BCUT2D eigenvalue weighted by Gasteiger charge is 2.36. The third kappa shape index (κ3) is 4.08. The first-order valence-electron chi connectivity index (χ1n) is 4.66. The summed E-state index contributed by atoms with van der Waals surface area (Å²) >= 11 is 0. The van der Waals surface area contributed by atoms with Crippen LogP contribution in [0, 0.1) is 10.8 Å². The summed E-state index contributed by atoms with van der Waals surface area (Å²) in [7, 11) is 2.03. The molecule has 0 aromatic carbocycles. The quantitative estimate of drug-likeness (QED) is 0.660. The van der Waals surface area contributed by atoms with Crippen molar-refractivity contribution in [3.63, 3.8) is 0 Å². The standard InChI is InChI=1S/C10H21O2P/c1-6-10(5,8(11)12-13)7-9(2,3)4/h6-7,13H2,1-5H3. The first-order chi connectivity index (χ1) is 5.75. The van der Waals surface area contributed by atoms with Gasteiger partial charge in [-0.1, -0.05) is 27.7 Å². The fourth-order valence-electron chi connectivity index (χ4n) is 1.65. The third-order valence-corrected chi connectivity index (χ3v) is 2.51. The Hall–Kier alpha value is -0.100. The molecule has 0 aliphatic heterocycles. The van der Waals surface area contributed by atoms with Crippen LogP contribution in [0.3, 0.4) is 0 Å². The van der Waals surface area contributed by atoms with Gasteiger partial charge in [0.1, 0.15) is 0 Å². The van der Waals surface area contributed by atoms with Gasteiger partial charge in [0, 0.05) is 0 Å². The van der Waals surface area contributed by atoms with E-state index in [1.54, 1.807) is 0 Å². The fraction of sp³-hybridized carbons (Fsp3) is 0.900. The number of carbonyl (C=O) groups excluding carboxylic acids is 1. The maximum Gasteiger partial charge on any atom is 0.313 e. The van der Waals surface area contributed by atoms with Gasteiger partial charge < -0.3 is 4.52 Å². The van der Waals surface area contributed by atoms with Crippen molar-refractivity contribution in [2.75, 3.05) is 0 Å². The van der Waals surface area contributed by atoms with Gasteiger partial charge in [0.2, 0.25) is 0 Å². The summed E-state index contributed by atoms with van der Waals surface area (Å²) in [5.41, 5.74) is -0.191. The SMILES string of the molecule is CCC(C)(CC(C)(C)C)C(=O)OP. The van der Waals surface area contributed by atoms with Crippen molar-refractivity contribution >= 4 is 15.4 Å². The summed E-state index contributed by atoms with van der Waals surface area (Å²) in [5.74, 6) is -0.130. The zero-order chi connectivity index (χ0) is 10.7. The van der Waals surface area contributed by atoms with Crippen LogP contribution in [0.5, 0.6) is 0 Å². The molecule has 78 valence electrons. The van der Waals surface area contributed by atoms with Crippen LogP contribution < -0.4 is 0 Å². The van der Waals surface area contributed by atoms with E-state index in [0.29, 0.717) is 0 Å². The van der Waals surface area contributed by atoms with Gasteiger partial charge in [-0.2, -0.15) is 0 Å². The average molecular weight is 204 g/mol. The highest BCUT2D eigenvalue weighted by molar-refractivity contribution is 7.10. The fourth-order valence-corrected chi connectivity index (χ4v) is 1.94. The van der Waals surface area contributed by atoms with Crippen molar-refractivity contribution in [1.82, 2.24) is 0 Å². The molecule has 0 fully saturated rings. The van der Waals surface area contributed by atoms with E-state index in [1.165, 1.54) is 0 Å². The highest BCUT2D eigenvalue weighted by atomic mass is 31.0. The van der Waals surface area contributed by atoms with Crippen LogP contribution in [0.4, 0.5) is 0 Å². The van der Waals surface area contributed by atoms with Crippen LogP contribution in [0.1, 0.15) is 47.5 Å². The number of hydrogen-bond donors (Lipinski definition) is 0. The molecule has 3 heteroatoms. The van der Waals surface area contributed by atoms with E-state index in [0.717, 1.165) is 12.8 Å². The Labute approximate surface area is 83.7 Å². The molecule has 0 N–H and O–H groups in total. The van der Waals surface area contributed by atoms with Gasteiger partial charge in [0.15, 0.2) is 0 Å². The Kier molecular flexibility index (Phi) is 4.38. The van der Waals surface area contributed by atoms with Gasteiger partial charge in [-0.05, 0) is 25.2 Å². The van der Waals surface area contributed by atoms with Crippen LogP contribution in [0.25, 0.3) is 0 Å². The molecular weight excluding hydrogens is 183 g/mol. The summed E-state index contributed by atoms with van der Waals surface area (Å²) in [6.45, 7) is 10.4. The minimum atomic E-state index is -0.347. The predicted molar refractivity (Wildman–Crippen MR) is 58.3 cm³/mol. The molecule has 0 spiro atoms. The largest absolute Gasteiger partial charge is 0.451 e. The molecule has 0 rings (SSSR count). The Morgan fingerprint density at radius 1 is 1.31 bits per heavy atom. The molecule has 0 bridgehead atoms.